The molecule has 4 rings (SSSR count). The topological polar surface area (TPSA) is 118 Å². The van der Waals surface area contributed by atoms with E-state index in [1.165, 1.54) is 46.9 Å². The molecule has 38 heavy (non-hydrogen) atoms. The van der Waals surface area contributed by atoms with E-state index >= 15 is 0 Å². The van der Waals surface area contributed by atoms with Crippen molar-refractivity contribution < 1.29 is 21.6 Å². The maximum absolute atomic E-state index is 13.5. The first-order chi connectivity index (χ1) is 18.0. The Bertz CT molecular complexity index is 1610. The Morgan fingerprint density at radius 1 is 1.08 bits per heavy atom. The van der Waals surface area contributed by atoms with E-state index in [4.69, 9.17) is 6.57 Å². The molecule has 0 unspecified atom stereocenters. The van der Waals surface area contributed by atoms with Crippen molar-refractivity contribution in [2.75, 3.05) is 5.75 Å². The third-order valence-corrected chi connectivity index (χ3v) is 10.1. The molecule has 0 saturated heterocycles. The summed E-state index contributed by atoms with van der Waals surface area (Å²) in [5.41, 5.74) is 2.67. The summed E-state index contributed by atoms with van der Waals surface area (Å²) in [6, 6.07) is 13.3. The van der Waals surface area contributed by atoms with Crippen molar-refractivity contribution in [3.05, 3.63) is 94.6 Å². The van der Waals surface area contributed by atoms with E-state index in [0.717, 1.165) is 5.56 Å². The number of aromatic nitrogens is 1. The van der Waals surface area contributed by atoms with Gasteiger partial charge >= 0.3 is 0 Å². The number of sulfonamides is 1. The highest BCUT2D eigenvalue weighted by atomic mass is 32.2. The minimum Gasteiger partial charge on any atom is -0.348 e. The molecule has 1 aliphatic rings. The minimum atomic E-state index is -3.87. The van der Waals surface area contributed by atoms with Crippen LogP contribution in [-0.4, -0.2) is 37.8 Å². The van der Waals surface area contributed by atoms with E-state index in [-0.39, 0.29) is 40.5 Å². The molecule has 0 spiro atoms. The monoisotopic (exact) mass is 552 g/mol. The second kappa shape index (κ2) is 10.6. The van der Waals surface area contributed by atoms with Crippen molar-refractivity contribution in [1.82, 2.24) is 14.6 Å². The fourth-order valence-electron chi connectivity index (χ4n) is 4.42. The molecule has 198 valence electrons. The first kappa shape index (κ1) is 27.4. The molecule has 1 aliphatic heterocycles. The Balaban J connectivity index is 1.52. The molecule has 0 fully saturated rings. The van der Waals surface area contributed by atoms with E-state index in [1.807, 2.05) is 13.8 Å². The van der Waals surface area contributed by atoms with Crippen LogP contribution in [0.3, 0.4) is 0 Å². The quantitative estimate of drug-likeness (QED) is 0.417. The number of nitrogens with zero attached hydrogens (tertiary/aromatic N) is 3. The smallest absolute Gasteiger partial charge is 0.253 e. The summed E-state index contributed by atoms with van der Waals surface area (Å²) >= 11 is 0. The number of benzene rings is 2. The van der Waals surface area contributed by atoms with Crippen LogP contribution in [-0.2, 0) is 33.0 Å². The van der Waals surface area contributed by atoms with Crippen LogP contribution < -0.4 is 5.32 Å². The van der Waals surface area contributed by atoms with Gasteiger partial charge in [0.15, 0.2) is 15.5 Å². The molecule has 0 radical (unpaired) electrons. The van der Waals surface area contributed by atoms with E-state index in [0.29, 0.717) is 22.5 Å². The number of carbonyl (C=O) groups is 1. The first-order valence-corrected chi connectivity index (χ1v) is 15.1. The number of carbonyl (C=O) groups excluding carboxylic acids is 1. The average molecular weight is 553 g/mol. The number of fused-ring (bicyclic) bond motifs is 1. The van der Waals surface area contributed by atoms with Crippen molar-refractivity contribution in [3.8, 4) is 0 Å². The predicted molar refractivity (Wildman–Crippen MR) is 143 cm³/mol. The summed E-state index contributed by atoms with van der Waals surface area (Å²) in [5, 5.41) is 2.81. The normalized spacial score (nSPS) is 15.7. The zero-order valence-corrected chi connectivity index (χ0v) is 22.9. The molecule has 9 nitrogen and oxygen atoms in total. The van der Waals surface area contributed by atoms with Crippen molar-refractivity contribution >= 4 is 31.5 Å². The highest BCUT2D eigenvalue weighted by Crippen LogP contribution is 2.41. The van der Waals surface area contributed by atoms with Gasteiger partial charge in [0.2, 0.25) is 10.0 Å². The Hall–Kier alpha value is -3.59. The summed E-state index contributed by atoms with van der Waals surface area (Å²) in [5.74, 6) is -0.429. The molecular weight excluding hydrogens is 524 g/mol. The molecule has 1 amide bonds. The van der Waals surface area contributed by atoms with Crippen molar-refractivity contribution in [3.63, 3.8) is 0 Å². The molecule has 11 heteroatoms. The number of sulfone groups is 1. The lowest BCUT2D eigenvalue weighted by atomic mass is 10.0. The van der Waals surface area contributed by atoms with E-state index < -0.39 is 25.9 Å². The Morgan fingerprint density at radius 2 is 1.71 bits per heavy atom. The molecule has 2 heterocycles. The van der Waals surface area contributed by atoms with Gasteiger partial charge < -0.3 is 5.32 Å². The highest BCUT2D eigenvalue weighted by Gasteiger charge is 2.41. The number of rotatable bonds is 8. The Kier molecular flexibility index (Phi) is 7.69. The van der Waals surface area contributed by atoms with Crippen LogP contribution in [0.4, 0.5) is 5.69 Å². The van der Waals surface area contributed by atoms with Gasteiger partial charge in [0.25, 0.3) is 5.91 Å². The van der Waals surface area contributed by atoms with Crippen LogP contribution in [0, 0.1) is 12.5 Å². The number of nitrogens with one attached hydrogen (secondary N) is 1. The van der Waals surface area contributed by atoms with E-state index in [9.17, 15) is 21.6 Å². The standard InChI is InChI=1S/C27H28N4O5S2/c1-5-37(33,34)23-10-6-19(7-11-23)15-30-27(32)20-14-21-17-31(26(18(2)3)25(21)29-16-20)38(35,36)24-12-8-22(28-4)9-13-24/h6-14,16,18,26H,5,15,17H2,1-3H3,(H,30,32)/t26-/m0/s1. The van der Waals surface area contributed by atoms with Gasteiger partial charge in [-0.3, -0.25) is 9.78 Å². The lowest BCUT2D eigenvalue weighted by Gasteiger charge is -2.27. The van der Waals surface area contributed by atoms with E-state index in [1.54, 1.807) is 25.1 Å². The molecule has 1 atom stereocenters. The van der Waals surface area contributed by atoms with Gasteiger partial charge in [0, 0.05) is 19.3 Å². The molecule has 3 aromatic rings. The van der Waals surface area contributed by atoms with E-state index in [2.05, 4.69) is 15.1 Å². The second-order valence-electron chi connectivity index (χ2n) is 9.34. The van der Waals surface area contributed by atoms with Crippen molar-refractivity contribution in [2.45, 2.75) is 49.7 Å². The molecule has 0 saturated carbocycles. The molecular formula is C27H28N4O5S2. The lowest BCUT2D eigenvalue weighted by molar-refractivity contribution is 0.0950. The zero-order valence-electron chi connectivity index (χ0n) is 21.2. The van der Waals surface area contributed by atoms with Gasteiger partial charge in [0.1, 0.15) is 0 Å². The summed E-state index contributed by atoms with van der Waals surface area (Å²) in [6.45, 7) is 12.8. The van der Waals surface area contributed by atoms with Crippen LogP contribution in [0.15, 0.2) is 70.6 Å². The van der Waals surface area contributed by atoms with Gasteiger partial charge in [-0.05, 0) is 35.2 Å². The number of hydrogen-bond donors (Lipinski definition) is 1. The lowest BCUT2D eigenvalue weighted by Crippen LogP contribution is -2.32. The highest BCUT2D eigenvalue weighted by molar-refractivity contribution is 7.91. The van der Waals surface area contributed by atoms with Crippen LogP contribution in [0.5, 0.6) is 0 Å². The van der Waals surface area contributed by atoms with Crippen molar-refractivity contribution in [1.29, 1.82) is 0 Å². The third kappa shape index (κ3) is 5.34. The van der Waals surface area contributed by atoms with Gasteiger partial charge in [0.05, 0.1) is 39.4 Å². The molecule has 1 aromatic heterocycles. The number of hydrogen-bond acceptors (Lipinski definition) is 6. The second-order valence-corrected chi connectivity index (χ2v) is 13.5. The summed E-state index contributed by atoms with van der Waals surface area (Å²) in [7, 11) is -7.17. The van der Waals surface area contributed by atoms with Gasteiger partial charge in [-0.25, -0.2) is 21.7 Å². The summed E-state index contributed by atoms with van der Waals surface area (Å²) in [4.78, 5) is 21.0. The maximum atomic E-state index is 13.5. The van der Waals surface area contributed by atoms with Crippen LogP contribution >= 0.6 is 0 Å². The Labute approximate surface area is 223 Å². The molecule has 1 N–H and O–H groups in total. The van der Waals surface area contributed by atoms with Crippen LogP contribution in [0.25, 0.3) is 4.85 Å². The maximum Gasteiger partial charge on any atom is 0.253 e. The fraction of sp³-hybridized carbons (Fsp3) is 0.296. The number of pyridine rings is 1. The van der Waals surface area contributed by atoms with Gasteiger partial charge in [-0.15, -0.1) is 0 Å². The van der Waals surface area contributed by atoms with Crippen LogP contribution in [0.2, 0.25) is 0 Å². The van der Waals surface area contributed by atoms with Gasteiger partial charge in [-0.1, -0.05) is 57.2 Å². The minimum absolute atomic E-state index is 0.0132. The zero-order chi connectivity index (χ0) is 27.7. The summed E-state index contributed by atoms with van der Waals surface area (Å²) < 4.78 is 52.4. The average Bonchev–Trinajstić information content (AvgIpc) is 3.32. The Morgan fingerprint density at radius 3 is 2.29 bits per heavy atom. The summed E-state index contributed by atoms with van der Waals surface area (Å²) in [6.07, 6.45) is 1.45. The third-order valence-electron chi connectivity index (χ3n) is 6.50. The SMILES string of the molecule is [C-]#[N+]c1ccc(S(=O)(=O)N2Cc3cc(C(=O)NCc4ccc(S(=O)(=O)CC)cc4)cnc3[C@@H]2C(C)C)cc1. The van der Waals surface area contributed by atoms with Crippen LogP contribution in [0.1, 0.15) is 54.0 Å². The molecule has 0 bridgehead atoms. The fourth-order valence-corrected chi connectivity index (χ4v) is 7.00. The van der Waals surface area contributed by atoms with Crippen molar-refractivity contribution in [2.24, 2.45) is 5.92 Å². The largest absolute Gasteiger partial charge is 0.348 e. The predicted octanol–water partition coefficient (Wildman–Crippen LogP) is 4.26. The molecule has 2 aromatic carbocycles. The first-order valence-electron chi connectivity index (χ1n) is 12.1. The van der Waals surface area contributed by atoms with Gasteiger partial charge in [-0.2, -0.15) is 4.31 Å². The number of amides is 1. The molecule has 0 aliphatic carbocycles.